The Kier molecular flexibility index (Phi) is 2.60. The maximum absolute atomic E-state index is 3.40. The van der Waals surface area contributed by atoms with Gasteiger partial charge in [0.15, 0.2) is 0 Å². The molecule has 1 aliphatic heterocycles. The third-order valence-electron chi connectivity index (χ3n) is 3.29. The van der Waals surface area contributed by atoms with E-state index in [4.69, 9.17) is 0 Å². The summed E-state index contributed by atoms with van der Waals surface area (Å²) in [7, 11) is 0. The van der Waals surface area contributed by atoms with Gasteiger partial charge in [0.25, 0.3) is 0 Å². The van der Waals surface area contributed by atoms with Gasteiger partial charge in [0, 0.05) is 18.5 Å². The van der Waals surface area contributed by atoms with E-state index in [1.807, 2.05) is 0 Å². The summed E-state index contributed by atoms with van der Waals surface area (Å²) in [4.78, 5) is 0. The summed E-state index contributed by atoms with van der Waals surface area (Å²) < 4.78 is 0. The zero-order valence-electron chi connectivity index (χ0n) is 9.14. The molecule has 0 aromatic heterocycles. The van der Waals surface area contributed by atoms with Crippen molar-refractivity contribution in [1.82, 2.24) is 5.32 Å². The Labute approximate surface area is 86.5 Å². The Morgan fingerprint density at radius 1 is 1.36 bits per heavy atom. The van der Waals surface area contributed by atoms with Gasteiger partial charge in [-0.25, -0.2) is 0 Å². The molecule has 1 aromatic carbocycles. The van der Waals surface area contributed by atoms with Gasteiger partial charge in [-0.05, 0) is 18.9 Å². The smallest absolute Gasteiger partial charge is 0.0202 e. The quantitative estimate of drug-likeness (QED) is 0.770. The highest BCUT2D eigenvalue weighted by molar-refractivity contribution is 5.32. The molecular formula is C13H19N. The number of benzene rings is 1. The van der Waals surface area contributed by atoms with E-state index in [1.54, 1.807) is 0 Å². The molecule has 0 radical (unpaired) electrons. The fraction of sp³-hybridized carbons (Fsp3) is 0.538. The molecular weight excluding hydrogens is 170 g/mol. The first-order valence-electron chi connectivity index (χ1n) is 5.55. The maximum atomic E-state index is 3.40. The average molecular weight is 189 g/mol. The molecule has 1 aliphatic rings. The van der Waals surface area contributed by atoms with Gasteiger partial charge >= 0.3 is 0 Å². The maximum Gasteiger partial charge on any atom is 0.0202 e. The SMILES string of the molecule is CCCC1(c2cccc(C)c2)CNC1. The van der Waals surface area contributed by atoms with Crippen LogP contribution >= 0.6 is 0 Å². The second kappa shape index (κ2) is 3.74. The van der Waals surface area contributed by atoms with Crippen molar-refractivity contribution in [2.45, 2.75) is 32.1 Å². The van der Waals surface area contributed by atoms with Crippen LogP contribution in [0.15, 0.2) is 24.3 Å². The predicted molar refractivity (Wildman–Crippen MR) is 60.6 cm³/mol. The van der Waals surface area contributed by atoms with Crippen LogP contribution in [0.4, 0.5) is 0 Å². The lowest BCUT2D eigenvalue weighted by Gasteiger charge is -2.43. The first kappa shape index (κ1) is 9.72. The number of nitrogens with one attached hydrogen (secondary N) is 1. The van der Waals surface area contributed by atoms with Gasteiger partial charge in [-0.1, -0.05) is 43.2 Å². The largest absolute Gasteiger partial charge is 0.315 e. The highest BCUT2D eigenvalue weighted by Gasteiger charge is 2.37. The van der Waals surface area contributed by atoms with Crippen LogP contribution in [0.2, 0.25) is 0 Å². The van der Waals surface area contributed by atoms with Crippen LogP contribution in [-0.2, 0) is 5.41 Å². The second-order valence-corrected chi connectivity index (χ2v) is 4.50. The minimum Gasteiger partial charge on any atom is -0.315 e. The van der Waals surface area contributed by atoms with Crippen LogP contribution in [0.25, 0.3) is 0 Å². The molecule has 1 saturated heterocycles. The minimum atomic E-state index is 0.445. The molecule has 2 rings (SSSR count). The summed E-state index contributed by atoms with van der Waals surface area (Å²) in [5.74, 6) is 0. The minimum absolute atomic E-state index is 0.445. The Balaban J connectivity index is 2.27. The van der Waals surface area contributed by atoms with E-state index < -0.39 is 0 Å². The number of aryl methyl sites for hydroxylation is 1. The molecule has 0 atom stereocenters. The number of hydrogen-bond donors (Lipinski definition) is 1. The molecule has 1 heterocycles. The zero-order chi connectivity index (χ0) is 10.0. The summed E-state index contributed by atoms with van der Waals surface area (Å²) in [5.41, 5.74) is 3.35. The van der Waals surface area contributed by atoms with Crippen LogP contribution in [0.5, 0.6) is 0 Å². The topological polar surface area (TPSA) is 12.0 Å². The van der Waals surface area contributed by atoms with Gasteiger partial charge in [0.05, 0.1) is 0 Å². The van der Waals surface area contributed by atoms with E-state index in [2.05, 4.69) is 43.4 Å². The Bertz CT molecular complexity index is 313. The monoisotopic (exact) mass is 189 g/mol. The van der Waals surface area contributed by atoms with Gasteiger partial charge < -0.3 is 5.32 Å². The molecule has 0 spiro atoms. The van der Waals surface area contributed by atoms with Crippen molar-refractivity contribution < 1.29 is 0 Å². The number of hydrogen-bond acceptors (Lipinski definition) is 1. The van der Waals surface area contributed by atoms with Gasteiger partial charge in [-0.3, -0.25) is 0 Å². The van der Waals surface area contributed by atoms with E-state index in [1.165, 1.54) is 24.0 Å². The van der Waals surface area contributed by atoms with Crippen molar-refractivity contribution in [3.63, 3.8) is 0 Å². The first-order chi connectivity index (χ1) is 6.77. The fourth-order valence-corrected chi connectivity index (χ4v) is 2.41. The normalized spacial score (nSPS) is 19.0. The standard InChI is InChI=1S/C13H19N/c1-3-7-13(9-14-10-13)12-6-4-5-11(2)8-12/h4-6,8,14H,3,7,9-10H2,1-2H3. The van der Waals surface area contributed by atoms with E-state index in [0.717, 1.165) is 13.1 Å². The van der Waals surface area contributed by atoms with Crippen molar-refractivity contribution in [3.05, 3.63) is 35.4 Å². The summed E-state index contributed by atoms with van der Waals surface area (Å²) in [6.07, 6.45) is 2.58. The van der Waals surface area contributed by atoms with Crippen molar-refractivity contribution >= 4 is 0 Å². The fourth-order valence-electron chi connectivity index (χ4n) is 2.41. The molecule has 1 fully saturated rings. The Morgan fingerprint density at radius 2 is 2.14 bits per heavy atom. The molecule has 1 N–H and O–H groups in total. The molecule has 76 valence electrons. The highest BCUT2D eigenvalue weighted by Crippen LogP contribution is 2.33. The van der Waals surface area contributed by atoms with Crippen molar-refractivity contribution in [2.24, 2.45) is 0 Å². The van der Waals surface area contributed by atoms with Crippen molar-refractivity contribution in [1.29, 1.82) is 0 Å². The van der Waals surface area contributed by atoms with E-state index >= 15 is 0 Å². The molecule has 0 unspecified atom stereocenters. The lowest BCUT2D eigenvalue weighted by molar-refractivity contribution is 0.255. The summed E-state index contributed by atoms with van der Waals surface area (Å²) in [5, 5.41) is 3.40. The van der Waals surface area contributed by atoms with E-state index in [-0.39, 0.29) is 0 Å². The summed E-state index contributed by atoms with van der Waals surface area (Å²) in [6, 6.07) is 8.98. The molecule has 1 nitrogen and oxygen atoms in total. The molecule has 14 heavy (non-hydrogen) atoms. The Morgan fingerprint density at radius 3 is 2.64 bits per heavy atom. The van der Waals surface area contributed by atoms with Gasteiger partial charge in [-0.15, -0.1) is 0 Å². The lowest BCUT2D eigenvalue weighted by Crippen LogP contribution is -2.56. The molecule has 1 aromatic rings. The molecule has 0 amide bonds. The van der Waals surface area contributed by atoms with Crippen molar-refractivity contribution in [3.8, 4) is 0 Å². The summed E-state index contributed by atoms with van der Waals surface area (Å²) >= 11 is 0. The Hall–Kier alpha value is -0.820. The first-order valence-corrected chi connectivity index (χ1v) is 5.55. The van der Waals surface area contributed by atoms with Crippen LogP contribution in [0, 0.1) is 6.92 Å². The lowest BCUT2D eigenvalue weighted by atomic mass is 9.72. The average Bonchev–Trinajstić information content (AvgIpc) is 2.11. The van der Waals surface area contributed by atoms with E-state index in [0.29, 0.717) is 5.41 Å². The van der Waals surface area contributed by atoms with Crippen LogP contribution in [-0.4, -0.2) is 13.1 Å². The molecule has 1 heteroatoms. The van der Waals surface area contributed by atoms with Crippen LogP contribution < -0.4 is 5.32 Å². The second-order valence-electron chi connectivity index (χ2n) is 4.50. The van der Waals surface area contributed by atoms with Crippen LogP contribution in [0.3, 0.4) is 0 Å². The third kappa shape index (κ3) is 1.57. The predicted octanol–water partition coefficient (Wildman–Crippen LogP) is 2.64. The van der Waals surface area contributed by atoms with E-state index in [9.17, 15) is 0 Å². The molecule has 0 bridgehead atoms. The number of rotatable bonds is 3. The van der Waals surface area contributed by atoms with Gasteiger partial charge in [0.1, 0.15) is 0 Å². The van der Waals surface area contributed by atoms with Gasteiger partial charge in [-0.2, -0.15) is 0 Å². The highest BCUT2D eigenvalue weighted by atomic mass is 15.0. The van der Waals surface area contributed by atoms with Gasteiger partial charge in [0.2, 0.25) is 0 Å². The molecule has 0 saturated carbocycles. The zero-order valence-corrected chi connectivity index (χ0v) is 9.14. The summed E-state index contributed by atoms with van der Waals surface area (Å²) in [6.45, 7) is 6.76. The molecule has 0 aliphatic carbocycles. The van der Waals surface area contributed by atoms with Crippen LogP contribution in [0.1, 0.15) is 30.9 Å². The third-order valence-corrected chi connectivity index (χ3v) is 3.29. The van der Waals surface area contributed by atoms with Crippen molar-refractivity contribution in [2.75, 3.05) is 13.1 Å².